The summed E-state index contributed by atoms with van der Waals surface area (Å²) in [6.07, 6.45) is 0. The summed E-state index contributed by atoms with van der Waals surface area (Å²) in [6, 6.07) is 15.8. The highest BCUT2D eigenvalue weighted by Gasteiger charge is 2.19. The Kier molecular flexibility index (Phi) is 6.33. The van der Waals surface area contributed by atoms with Gasteiger partial charge in [-0.1, -0.05) is 30.3 Å². The van der Waals surface area contributed by atoms with Gasteiger partial charge in [0.05, 0.1) is 12.9 Å². The van der Waals surface area contributed by atoms with Gasteiger partial charge in [-0.25, -0.2) is 12.8 Å². The first kappa shape index (κ1) is 20.6. The molecule has 1 aromatic heterocycles. The van der Waals surface area contributed by atoms with Gasteiger partial charge in [0.25, 0.3) is 5.91 Å². The summed E-state index contributed by atoms with van der Waals surface area (Å²) in [6.45, 7) is 0.282. The summed E-state index contributed by atoms with van der Waals surface area (Å²) in [7, 11) is -2.09. The lowest BCUT2D eigenvalue weighted by Gasteiger charge is -2.05. The van der Waals surface area contributed by atoms with E-state index in [0.717, 1.165) is 5.56 Å². The van der Waals surface area contributed by atoms with Gasteiger partial charge >= 0.3 is 0 Å². The van der Waals surface area contributed by atoms with Crippen LogP contribution in [0.25, 0.3) is 0 Å². The maximum Gasteiger partial charge on any atom is 0.287 e. The van der Waals surface area contributed by atoms with E-state index in [1.807, 2.05) is 12.1 Å². The number of hydrogen-bond acceptors (Lipinski definition) is 5. The topological polar surface area (TPSA) is 85.6 Å². The maximum atomic E-state index is 13.7. The molecule has 0 aliphatic heterocycles. The Morgan fingerprint density at radius 3 is 2.45 bits per heavy atom. The summed E-state index contributed by atoms with van der Waals surface area (Å²) in [5.74, 6) is -1.06. The van der Waals surface area contributed by atoms with Crippen molar-refractivity contribution < 1.29 is 26.8 Å². The van der Waals surface area contributed by atoms with Crippen LogP contribution in [0.3, 0.4) is 0 Å². The molecule has 2 aromatic carbocycles. The molecule has 0 bridgehead atoms. The Morgan fingerprint density at radius 2 is 1.76 bits per heavy atom. The molecule has 0 saturated carbocycles. The minimum absolute atomic E-state index is 0.00889. The van der Waals surface area contributed by atoms with E-state index in [2.05, 4.69) is 5.32 Å². The van der Waals surface area contributed by atoms with Gasteiger partial charge in [-0.2, -0.15) is 0 Å². The number of carbonyl (C=O) groups is 1. The summed E-state index contributed by atoms with van der Waals surface area (Å²) < 4.78 is 48.8. The summed E-state index contributed by atoms with van der Waals surface area (Å²) in [5, 5.41) is 2.70. The molecule has 1 amide bonds. The molecule has 0 radical (unpaired) electrons. The average molecular weight is 417 g/mol. The monoisotopic (exact) mass is 417 g/mol. The quantitative estimate of drug-likeness (QED) is 0.607. The maximum absolute atomic E-state index is 13.7. The predicted octanol–water partition coefficient (Wildman–Crippen LogP) is 3.47. The summed E-state index contributed by atoms with van der Waals surface area (Å²) in [4.78, 5) is 12.2. The molecule has 3 rings (SSSR count). The van der Waals surface area contributed by atoms with Crippen LogP contribution in [0.1, 0.15) is 27.4 Å². The van der Waals surface area contributed by atoms with E-state index in [9.17, 15) is 17.6 Å². The number of halogens is 1. The molecular weight excluding hydrogens is 397 g/mol. The van der Waals surface area contributed by atoms with Gasteiger partial charge < -0.3 is 14.5 Å². The lowest BCUT2D eigenvalue weighted by molar-refractivity contribution is 0.0921. The molecule has 0 fully saturated rings. The highest BCUT2D eigenvalue weighted by molar-refractivity contribution is 7.89. The molecule has 3 aromatic rings. The van der Waals surface area contributed by atoms with Gasteiger partial charge in [0.15, 0.2) is 15.6 Å². The SMILES string of the molecule is COc1ccc(CNC(=O)c2ccc(CS(=O)(=O)Cc3ccccc3F)o2)cc1. The average Bonchev–Trinajstić information content (AvgIpc) is 3.16. The van der Waals surface area contributed by atoms with Crippen LogP contribution in [0.15, 0.2) is 65.1 Å². The van der Waals surface area contributed by atoms with Crippen molar-refractivity contribution in [3.63, 3.8) is 0 Å². The van der Waals surface area contributed by atoms with Crippen molar-refractivity contribution in [1.29, 1.82) is 0 Å². The minimum atomic E-state index is -3.66. The molecule has 0 saturated heterocycles. The van der Waals surface area contributed by atoms with Gasteiger partial charge in [-0.3, -0.25) is 4.79 Å². The largest absolute Gasteiger partial charge is 0.497 e. The normalized spacial score (nSPS) is 11.2. The zero-order valence-corrected chi connectivity index (χ0v) is 16.5. The Labute approximate surface area is 168 Å². The molecule has 0 spiro atoms. The van der Waals surface area contributed by atoms with Crippen molar-refractivity contribution in [3.05, 3.63) is 89.1 Å². The van der Waals surface area contributed by atoms with Crippen LogP contribution in [-0.4, -0.2) is 21.4 Å². The third-order valence-electron chi connectivity index (χ3n) is 4.19. The molecule has 8 heteroatoms. The lowest BCUT2D eigenvalue weighted by atomic mass is 10.2. The number of rotatable bonds is 8. The number of sulfone groups is 1. The van der Waals surface area contributed by atoms with Crippen molar-refractivity contribution in [2.75, 3.05) is 7.11 Å². The van der Waals surface area contributed by atoms with E-state index in [1.165, 1.54) is 30.3 Å². The molecule has 0 atom stereocenters. The first-order chi connectivity index (χ1) is 13.9. The van der Waals surface area contributed by atoms with Crippen LogP contribution in [0.4, 0.5) is 4.39 Å². The van der Waals surface area contributed by atoms with Crippen molar-refractivity contribution in [2.45, 2.75) is 18.1 Å². The van der Waals surface area contributed by atoms with E-state index < -0.39 is 33.1 Å². The molecular formula is C21H20FNO5S. The Morgan fingerprint density at radius 1 is 1.03 bits per heavy atom. The van der Waals surface area contributed by atoms with Crippen molar-refractivity contribution in [3.8, 4) is 5.75 Å². The number of carbonyl (C=O) groups excluding carboxylic acids is 1. The summed E-state index contributed by atoms with van der Waals surface area (Å²) in [5.41, 5.74) is 0.968. The fourth-order valence-electron chi connectivity index (χ4n) is 2.71. The Hall–Kier alpha value is -3.13. The van der Waals surface area contributed by atoms with Crippen molar-refractivity contribution in [1.82, 2.24) is 5.32 Å². The van der Waals surface area contributed by atoms with Gasteiger partial charge in [-0.05, 0) is 35.9 Å². The number of methoxy groups -OCH3 is 1. The van der Waals surface area contributed by atoms with Crippen LogP contribution >= 0.6 is 0 Å². The first-order valence-electron chi connectivity index (χ1n) is 8.80. The predicted molar refractivity (Wildman–Crippen MR) is 106 cm³/mol. The number of nitrogens with one attached hydrogen (secondary N) is 1. The van der Waals surface area contributed by atoms with E-state index in [0.29, 0.717) is 5.75 Å². The molecule has 0 aliphatic rings. The van der Waals surface area contributed by atoms with Crippen LogP contribution in [-0.2, 0) is 27.9 Å². The van der Waals surface area contributed by atoms with Crippen LogP contribution < -0.4 is 10.1 Å². The molecule has 0 aliphatic carbocycles. The van der Waals surface area contributed by atoms with Crippen molar-refractivity contribution >= 4 is 15.7 Å². The van der Waals surface area contributed by atoms with Gasteiger partial charge in [-0.15, -0.1) is 0 Å². The van der Waals surface area contributed by atoms with Gasteiger partial charge in [0.2, 0.25) is 0 Å². The number of amides is 1. The smallest absolute Gasteiger partial charge is 0.287 e. The molecule has 0 unspecified atom stereocenters. The molecule has 1 heterocycles. The highest BCUT2D eigenvalue weighted by Crippen LogP contribution is 2.17. The van der Waals surface area contributed by atoms with E-state index in [1.54, 1.807) is 25.3 Å². The fraction of sp³-hybridized carbons (Fsp3) is 0.190. The third-order valence-corrected chi connectivity index (χ3v) is 5.67. The molecule has 6 nitrogen and oxygen atoms in total. The zero-order valence-electron chi connectivity index (χ0n) is 15.7. The second-order valence-corrected chi connectivity index (χ2v) is 8.48. The van der Waals surface area contributed by atoms with E-state index in [-0.39, 0.29) is 23.6 Å². The van der Waals surface area contributed by atoms with Crippen LogP contribution in [0, 0.1) is 5.82 Å². The summed E-state index contributed by atoms with van der Waals surface area (Å²) >= 11 is 0. The zero-order chi connectivity index (χ0) is 20.9. The second kappa shape index (κ2) is 8.91. The second-order valence-electron chi connectivity index (χ2n) is 6.42. The van der Waals surface area contributed by atoms with E-state index in [4.69, 9.17) is 9.15 Å². The van der Waals surface area contributed by atoms with Crippen LogP contribution in [0.2, 0.25) is 0 Å². The first-order valence-corrected chi connectivity index (χ1v) is 10.6. The molecule has 152 valence electrons. The number of hydrogen-bond donors (Lipinski definition) is 1. The standard InChI is InChI=1S/C21H20FNO5S/c1-27-17-8-6-15(7-9-17)12-23-21(24)20-11-10-18(28-20)14-29(25,26)13-16-4-2-3-5-19(16)22/h2-11H,12-14H2,1H3,(H,23,24). The van der Waals surface area contributed by atoms with Gasteiger partial charge in [0, 0.05) is 12.1 Å². The fourth-order valence-corrected chi connectivity index (χ4v) is 4.11. The number of furan rings is 1. The number of benzene rings is 2. The third kappa shape index (κ3) is 5.68. The minimum Gasteiger partial charge on any atom is -0.497 e. The van der Waals surface area contributed by atoms with E-state index >= 15 is 0 Å². The highest BCUT2D eigenvalue weighted by atomic mass is 32.2. The lowest BCUT2D eigenvalue weighted by Crippen LogP contribution is -2.22. The van der Waals surface area contributed by atoms with Gasteiger partial charge in [0.1, 0.15) is 23.1 Å². The molecule has 1 N–H and O–H groups in total. The Balaban J connectivity index is 1.59. The Bertz CT molecular complexity index is 1090. The molecule has 29 heavy (non-hydrogen) atoms. The van der Waals surface area contributed by atoms with Crippen molar-refractivity contribution in [2.24, 2.45) is 0 Å². The number of ether oxygens (including phenoxy) is 1. The van der Waals surface area contributed by atoms with Crippen LogP contribution in [0.5, 0.6) is 5.75 Å².